The fourth-order valence-corrected chi connectivity index (χ4v) is 2.09. The highest BCUT2D eigenvalue weighted by Crippen LogP contribution is 2.30. The van der Waals surface area contributed by atoms with E-state index >= 15 is 0 Å². The summed E-state index contributed by atoms with van der Waals surface area (Å²) in [6.45, 7) is 3.13. The van der Waals surface area contributed by atoms with Gasteiger partial charge in [-0.1, -0.05) is 13.0 Å². The number of nitrogen functional groups attached to an aromatic ring is 1. The first-order chi connectivity index (χ1) is 7.22. The Balaban J connectivity index is 2.40. The zero-order valence-electron chi connectivity index (χ0n) is 9.22. The summed E-state index contributed by atoms with van der Waals surface area (Å²) in [6.07, 6.45) is 3.25. The van der Waals surface area contributed by atoms with E-state index in [4.69, 9.17) is 11.5 Å². The van der Waals surface area contributed by atoms with Crippen molar-refractivity contribution in [3.8, 4) is 0 Å². The molecule has 1 atom stereocenters. The molecule has 1 aromatic rings. The first-order valence-electron chi connectivity index (χ1n) is 5.64. The van der Waals surface area contributed by atoms with Crippen LogP contribution in [0.2, 0.25) is 0 Å². The Kier molecular flexibility index (Phi) is 2.82. The number of rotatable bonds is 2. The minimum atomic E-state index is 0.0669. The second-order valence-electron chi connectivity index (χ2n) is 4.18. The molecule has 0 saturated carbocycles. The maximum absolute atomic E-state index is 6.03. The van der Waals surface area contributed by atoms with Gasteiger partial charge in [0.15, 0.2) is 0 Å². The molecule has 0 spiro atoms. The molecule has 0 radical (unpaired) electrons. The van der Waals surface area contributed by atoms with Crippen LogP contribution in [0.25, 0.3) is 0 Å². The van der Waals surface area contributed by atoms with Crippen LogP contribution in [0.1, 0.15) is 36.9 Å². The van der Waals surface area contributed by atoms with Crippen molar-refractivity contribution in [1.29, 1.82) is 0 Å². The normalized spacial score (nSPS) is 16.7. The first-order valence-corrected chi connectivity index (χ1v) is 5.64. The van der Waals surface area contributed by atoms with Crippen LogP contribution in [-0.4, -0.2) is 6.54 Å². The molecule has 1 aromatic carbocycles. The Bertz CT molecular complexity index is 360. The Morgan fingerprint density at radius 3 is 3.00 bits per heavy atom. The fraction of sp³-hybridized carbons (Fsp3) is 0.500. The average molecular weight is 205 g/mol. The van der Waals surface area contributed by atoms with Gasteiger partial charge in [-0.2, -0.15) is 0 Å². The molecule has 1 unspecified atom stereocenters. The monoisotopic (exact) mass is 205 g/mol. The van der Waals surface area contributed by atoms with Crippen LogP contribution in [0.5, 0.6) is 0 Å². The van der Waals surface area contributed by atoms with E-state index in [9.17, 15) is 0 Å². The minimum Gasteiger partial charge on any atom is -0.398 e. The summed E-state index contributed by atoms with van der Waals surface area (Å²) in [5.41, 5.74) is 16.5. The van der Waals surface area contributed by atoms with E-state index in [1.54, 1.807) is 0 Å². The zero-order chi connectivity index (χ0) is 10.8. The third-order valence-electron chi connectivity index (χ3n) is 3.09. The van der Waals surface area contributed by atoms with Crippen LogP contribution >= 0.6 is 0 Å². The molecule has 2 rings (SSSR count). The minimum absolute atomic E-state index is 0.0669. The molecule has 0 aliphatic carbocycles. The van der Waals surface area contributed by atoms with Gasteiger partial charge in [-0.15, -0.1) is 0 Å². The lowest BCUT2D eigenvalue weighted by Gasteiger charge is -2.22. The Morgan fingerprint density at radius 1 is 1.47 bits per heavy atom. The highest BCUT2D eigenvalue weighted by Gasteiger charge is 2.14. The van der Waals surface area contributed by atoms with Crippen LogP contribution in [-0.2, 0) is 6.42 Å². The third kappa shape index (κ3) is 1.92. The molecule has 0 fully saturated rings. The lowest BCUT2D eigenvalue weighted by molar-refractivity contribution is 0.698. The summed E-state index contributed by atoms with van der Waals surface area (Å²) in [6, 6.07) is 4.27. The second-order valence-corrected chi connectivity index (χ2v) is 4.18. The van der Waals surface area contributed by atoms with Crippen LogP contribution in [0.3, 0.4) is 0 Å². The van der Waals surface area contributed by atoms with Gasteiger partial charge in [-0.3, -0.25) is 0 Å². The Labute approximate surface area is 90.8 Å². The van der Waals surface area contributed by atoms with E-state index in [-0.39, 0.29) is 6.04 Å². The number of hydrogen-bond donors (Lipinski definition) is 3. The number of fused-ring (bicyclic) bond motifs is 1. The number of anilines is 2. The molecule has 0 saturated heterocycles. The van der Waals surface area contributed by atoms with Crippen molar-refractivity contribution in [3.63, 3.8) is 0 Å². The molecule has 3 heteroatoms. The van der Waals surface area contributed by atoms with E-state index in [2.05, 4.69) is 18.3 Å². The molecule has 3 nitrogen and oxygen atoms in total. The van der Waals surface area contributed by atoms with E-state index < -0.39 is 0 Å². The highest BCUT2D eigenvalue weighted by molar-refractivity contribution is 5.65. The first kappa shape index (κ1) is 10.3. The molecule has 1 aliphatic rings. The van der Waals surface area contributed by atoms with Crippen molar-refractivity contribution < 1.29 is 0 Å². The second kappa shape index (κ2) is 4.11. The molecular formula is C12H19N3. The van der Waals surface area contributed by atoms with Gasteiger partial charge in [0, 0.05) is 24.0 Å². The summed E-state index contributed by atoms with van der Waals surface area (Å²) in [5.74, 6) is 0. The number of benzene rings is 1. The van der Waals surface area contributed by atoms with E-state index in [1.165, 1.54) is 17.7 Å². The van der Waals surface area contributed by atoms with Crippen LogP contribution in [0.4, 0.5) is 11.4 Å². The van der Waals surface area contributed by atoms with Crippen molar-refractivity contribution in [2.75, 3.05) is 17.6 Å². The summed E-state index contributed by atoms with van der Waals surface area (Å²) >= 11 is 0. The molecule has 15 heavy (non-hydrogen) atoms. The number of nitrogens with two attached hydrogens (primary N) is 2. The quantitative estimate of drug-likeness (QED) is 0.647. The predicted molar refractivity (Wildman–Crippen MR) is 64.9 cm³/mol. The maximum Gasteiger partial charge on any atom is 0.0393 e. The van der Waals surface area contributed by atoms with Gasteiger partial charge < -0.3 is 16.8 Å². The topological polar surface area (TPSA) is 64.1 Å². The van der Waals surface area contributed by atoms with E-state index in [0.717, 1.165) is 30.6 Å². The summed E-state index contributed by atoms with van der Waals surface area (Å²) < 4.78 is 0. The van der Waals surface area contributed by atoms with Crippen LogP contribution < -0.4 is 16.8 Å². The highest BCUT2D eigenvalue weighted by atomic mass is 14.9. The zero-order valence-corrected chi connectivity index (χ0v) is 9.22. The fourth-order valence-electron chi connectivity index (χ4n) is 2.09. The van der Waals surface area contributed by atoms with Gasteiger partial charge in [0.25, 0.3) is 0 Å². The smallest absolute Gasteiger partial charge is 0.0393 e. The number of nitrogens with one attached hydrogen (secondary N) is 1. The number of hydrogen-bond acceptors (Lipinski definition) is 3. The van der Waals surface area contributed by atoms with E-state index in [0.29, 0.717) is 0 Å². The van der Waals surface area contributed by atoms with Crippen molar-refractivity contribution >= 4 is 11.4 Å². The summed E-state index contributed by atoms with van der Waals surface area (Å²) in [4.78, 5) is 0. The molecule has 1 aliphatic heterocycles. The van der Waals surface area contributed by atoms with E-state index in [1.807, 2.05) is 6.07 Å². The van der Waals surface area contributed by atoms with Crippen molar-refractivity contribution in [1.82, 2.24) is 0 Å². The predicted octanol–water partition coefficient (Wildman–Crippen LogP) is 2.04. The molecule has 82 valence electrons. The van der Waals surface area contributed by atoms with Crippen molar-refractivity contribution in [3.05, 3.63) is 23.3 Å². The molecule has 5 N–H and O–H groups in total. The van der Waals surface area contributed by atoms with Crippen LogP contribution in [0.15, 0.2) is 12.1 Å². The van der Waals surface area contributed by atoms with Gasteiger partial charge in [-0.05, 0) is 36.5 Å². The van der Waals surface area contributed by atoms with Gasteiger partial charge >= 0.3 is 0 Å². The lowest BCUT2D eigenvalue weighted by Crippen LogP contribution is -2.16. The SMILES string of the molecule is CCC(N)c1cc2c(cc1N)NCCC2. The van der Waals surface area contributed by atoms with Crippen LogP contribution in [0, 0.1) is 0 Å². The summed E-state index contributed by atoms with van der Waals surface area (Å²) in [7, 11) is 0. The maximum atomic E-state index is 6.03. The van der Waals surface area contributed by atoms with Gasteiger partial charge in [0.1, 0.15) is 0 Å². The Morgan fingerprint density at radius 2 is 2.27 bits per heavy atom. The van der Waals surface area contributed by atoms with Crippen molar-refractivity contribution in [2.24, 2.45) is 5.73 Å². The van der Waals surface area contributed by atoms with Gasteiger partial charge in [-0.25, -0.2) is 0 Å². The standard InChI is InChI=1S/C12H19N3/c1-2-10(13)9-6-8-4-3-5-15-12(8)7-11(9)14/h6-7,10,15H,2-5,13-14H2,1H3. The average Bonchev–Trinajstić information content (AvgIpc) is 2.27. The Hall–Kier alpha value is -1.22. The van der Waals surface area contributed by atoms with Crippen molar-refractivity contribution in [2.45, 2.75) is 32.2 Å². The third-order valence-corrected chi connectivity index (χ3v) is 3.09. The van der Waals surface area contributed by atoms with Gasteiger partial charge in [0.05, 0.1) is 0 Å². The lowest BCUT2D eigenvalue weighted by atomic mass is 9.95. The number of aryl methyl sites for hydroxylation is 1. The molecule has 0 amide bonds. The molecular weight excluding hydrogens is 186 g/mol. The molecule has 0 aromatic heterocycles. The molecule has 0 bridgehead atoms. The summed E-state index contributed by atoms with van der Waals surface area (Å²) in [5, 5.41) is 3.37. The van der Waals surface area contributed by atoms with Gasteiger partial charge in [0.2, 0.25) is 0 Å². The molecule has 1 heterocycles. The largest absolute Gasteiger partial charge is 0.398 e.